The van der Waals surface area contributed by atoms with E-state index in [4.69, 9.17) is 4.74 Å². The number of benzene rings is 1. The number of amides is 2. The van der Waals surface area contributed by atoms with Gasteiger partial charge in [-0.25, -0.2) is 8.42 Å². The van der Waals surface area contributed by atoms with Crippen molar-refractivity contribution in [2.75, 3.05) is 13.2 Å². The van der Waals surface area contributed by atoms with Crippen LogP contribution in [0.25, 0.3) is 0 Å². The number of piperidine rings is 1. The summed E-state index contributed by atoms with van der Waals surface area (Å²) >= 11 is 0. The smallest absolute Gasteiger partial charge is 0.324 e. The molecule has 148 valence electrons. The zero-order chi connectivity index (χ0) is 20.0. The molecule has 0 bridgehead atoms. The maximum Gasteiger partial charge on any atom is 0.324 e. The molecule has 1 aromatic carbocycles. The van der Waals surface area contributed by atoms with E-state index >= 15 is 0 Å². The van der Waals surface area contributed by atoms with Crippen LogP contribution in [-0.4, -0.2) is 49.7 Å². The lowest BCUT2D eigenvalue weighted by Gasteiger charge is -2.33. The van der Waals surface area contributed by atoms with E-state index in [0.717, 1.165) is 9.87 Å². The second kappa shape index (κ2) is 8.96. The van der Waals surface area contributed by atoms with Crippen molar-refractivity contribution in [3.8, 4) is 0 Å². The number of hydrogen-bond acceptors (Lipinski definition) is 6. The monoisotopic (exact) mass is 397 g/mol. The van der Waals surface area contributed by atoms with E-state index in [1.54, 1.807) is 12.1 Å². The molecule has 10 heteroatoms. The number of carbonyl (C=O) groups is 3. The number of sulfonamides is 1. The Labute approximate surface area is 158 Å². The minimum Gasteiger partial charge on any atom is -0.454 e. The average Bonchev–Trinajstić information content (AvgIpc) is 2.64. The Bertz CT molecular complexity index is 806. The second-order valence-electron chi connectivity index (χ2n) is 6.28. The van der Waals surface area contributed by atoms with Crippen molar-refractivity contribution in [2.24, 2.45) is 0 Å². The van der Waals surface area contributed by atoms with E-state index in [2.05, 4.69) is 10.9 Å². The van der Waals surface area contributed by atoms with Gasteiger partial charge in [0.2, 0.25) is 15.9 Å². The summed E-state index contributed by atoms with van der Waals surface area (Å²) in [4.78, 5) is 34.8. The first-order chi connectivity index (χ1) is 12.7. The van der Waals surface area contributed by atoms with Gasteiger partial charge >= 0.3 is 5.97 Å². The van der Waals surface area contributed by atoms with Crippen LogP contribution in [0.15, 0.2) is 29.2 Å². The number of nitrogens with zero attached hydrogens (tertiary/aromatic N) is 1. The lowest BCUT2D eigenvalue weighted by Crippen LogP contribution is -2.49. The Hall–Kier alpha value is -2.46. The molecule has 27 heavy (non-hydrogen) atoms. The topological polar surface area (TPSA) is 122 Å². The predicted molar refractivity (Wildman–Crippen MR) is 95.6 cm³/mol. The summed E-state index contributed by atoms with van der Waals surface area (Å²) in [5.41, 5.74) is 5.06. The van der Waals surface area contributed by atoms with E-state index in [1.165, 1.54) is 19.1 Å². The van der Waals surface area contributed by atoms with Crippen LogP contribution in [0, 0.1) is 6.92 Å². The lowest BCUT2D eigenvalue weighted by molar-refractivity contribution is -0.153. The molecule has 0 aliphatic carbocycles. The molecule has 0 saturated carbocycles. The fourth-order valence-electron chi connectivity index (χ4n) is 2.70. The summed E-state index contributed by atoms with van der Waals surface area (Å²) in [6, 6.07) is 5.40. The van der Waals surface area contributed by atoms with Crippen molar-refractivity contribution in [1.82, 2.24) is 15.2 Å². The standard InChI is InChI=1S/C17H23N3O6S/c1-12-6-8-14(9-7-12)27(24,25)20-10-4-3-5-15(20)17(23)26-11-16(22)19-18-13(2)21/h6-9,15H,3-5,10-11H2,1-2H3,(H,18,21)(H,19,22)/t15-/m1/s1. The SMILES string of the molecule is CC(=O)NNC(=O)COC(=O)[C@H]1CCCCN1S(=O)(=O)c1ccc(C)cc1. The first-order valence-corrected chi connectivity index (χ1v) is 9.96. The van der Waals surface area contributed by atoms with Gasteiger partial charge in [0, 0.05) is 13.5 Å². The van der Waals surface area contributed by atoms with Gasteiger partial charge in [0.05, 0.1) is 4.90 Å². The first kappa shape index (κ1) is 20.8. The van der Waals surface area contributed by atoms with Crippen LogP contribution in [0.2, 0.25) is 0 Å². The largest absolute Gasteiger partial charge is 0.454 e. The Morgan fingerprint density at radius 1 is 1.15 bits per heavy atom. The van der Waals surface area contributed by atoms with Crippen LogP contribution in [0.1, 0.15) is 31.7 Å². The van der Waals surface area contributed by atoms with E-state index < -0.39 is 40.5 Å². The lowest BCUT2D eigenvalue weighted by atomic mass is 10.1. The van der Waals surface area contributed by atoms with Crippen molar-refractivity contribution < 1.29 is 27.5 Å². The number of esters is 1. The van der Waals surface area contributed by atoms with Crippen molar-refractivity contribution in [3.63, 3.8) is 0 Å². The van der Waals surface area contributed by atoms with E-state index in [-0.39, 0.29) is 11.4 Å². The summed E-state index contributed by atoms with van der Waals surface area (Å²) < 4.78 is 31.9. The van der Waals surface area contributed by atoms with Gasteiger partial charge < -0.3 is 4.74 Å². The number of rotatable bonds is 5. The van der Waals surface area contributed by atoms with Gasteiger partial charge in [-0.05, 0) is 38.3 Å². The third-order valence-electron chi connectivity index (χ3n) is 4.08. The second-order valence-corrected chi connectivity index (χ2v) is 8.17. The molecule has 1 heterocycles. The minimum atomic E-state index is -3.86. The molecule has 1 saturated heterocycles. The highest BCUT2D eigenvalue weighted by Gasteiger charge is 2.38. The molecule has 1 atom stereocenters. The van der Waals surface area contributed by atoms with Gasteiger partial charge in [-0.1, -0.05) is 17.7 Å². The van der Waals surface area contributed by atoms with Crippen LogP contribution < -0.4 is 10.9 Å². The van der Waals surface area contributed by atoms with Crippen LogP contribution in [-0.2, 0) is 29.1 Å². The highest BCUT2D eigenvalue weighted by molar-refractivity contribution is 7.89. The molecule has 2 rings (SSSR count). The number of hydrogen-bond donors (Lipinski definition) is 2. The van der Waals surface area contributed by atoms with Crippen molar-refractivity contribution >= 4 is 27.8 Å². The zero-order valence-electron chi connectivity index (χ0n) is 15.2. The molecule has 1 aliphatic heterocycles. The summed E-state index contributed by atoms with van der Waals surface area (Å²) in [7, 11) is -3.86. The molecule has 0 radical (unpaired) electrons. The number of hydrazine groups is 1. The normalized spacial score (nSPS) is 17.8. The quantitative estimate of drug-likeness (QED) is 0.542. The Morgan fingerprint density at radius 3 is 2.44 bits per heavy atom. The van der Waals surface area contributed by atoms with Crippen LogP contribution in [0.5, 0.6) is 0 Å². The van der Waals surface area contributed by atoms with Crippen LogP contribution in [0.3, 0.4) is 0 Å². The molecule has 0 spiro atoms. The summed E-state index contributed by atoms with van der Waals surface area (Å²) in [6.07, 6.45) is 1.63. The average molecular weight is 397 g/mol. The number of ether oxygens (including phenoxy) is 1. The number of nitrogens with one attached hydrogen (secondary N) is 2. The first-order valence-electron chi connectivity index (χ1n) is 8.52. The van der Waals surface area contributed by atoms with Gasteiger partial charge in [-0.3, -0.25) is 25.2 Å². The molecule has 2 amide bonds. The van der Waals surface area contributed by atoms with E-state index in [1.807, 2.05) is 6.92 Å². The maximum atomic E-state index is 12.9. The molecule has 9 nitrogen and oxygen atoms in total. The van der Waals surface area contributed by atoms with Crippen LogP contribution in [0.4, 0.5) is 0 Å². The zero-order valence-corrected chi connectivity index (χ0v) is 16.0. The van der Waals surface area contributed by atoms with Gasteiger partial charge in [0.1, 0.15) is 6.04 Å². The third kappa shape index (κ3) is 5.51. The highest BCUT2D eigenvalue weighted by atomic mass is 32.2. The maximum absolute atomic E-state index is 12.9. The van der Waals surface area contributed by atoms with Crippen molar-refractivity contribution in [2.45, 2.75) is 44.0 Å². The van der Waals surface area contributed by atoms with Gasteiger partial charge in [0.15, 0.2) is 6.61 Å². The summed E-state index contributed by atoms with van der Waals surface area (Å²) in [5.74, 6) is -1.98. The Kier molecular flexibility index (Phi) is 6.92. The number of aryl methyl sites for hydroxylation is 1. The fraction of sp³-hybridized carbons (Fsp3) is 0.471. The predicted octanol–water partition coefficient (Wildman–Crippen LogP) is 0.249. The highest BCUT2D eigenvalue weighted by Crippen LogP contribution is 2.26. The summed E-state index contributed by atoms with van der Waals surface area (Å²) in [6.45, 7) is 2.65. The molecule has 1 aromatic rings. The molecule has 1 fully saturated rings. The third-order valence-corrected chi connectivity index (χ3v) is 6.00. The van der Waals surface area contributed by atoms with Crippen molar-refractivity contribution in [3.05, 3.63) is 29.8 Å². The Morgan fingerprint density at radius 2 is 1.81 bits per heavy atom. The molecular formula is C17H23N3O6S. The van der Waals surface area contributed by atoms with E-state index in [0.29, 0.717) is 19.3 Å². The molecule has 0 aromatic heterocycles. The molecular weight excluding hydrogens is 374 g/mol. The Balaban J connectivity index is 2.07. The van der Waals surface area contributed by atoms with Crippen LogP contribution >= 0.6 is 0 Å². The van der Waals surface area contributed by atoms with E-state index in [9.17, 15) is 22.8 Å². The van der Waals surface area contributed by atoms with Gasteiger partial charge in [0.25, 0.3) is 5.91 Å². The van der Waals surface area contributed by atoms with Gasteiger partial charge in [-0.15, -0.1) is 0 Å². The molecule has 2 N–H and O–H groups in total. The fourth-order valence-corrected chi connectivity index (χ4v) is 4.35. The summed E-state index contributed by atoms with van der Waals surface area (Å²) in [5, 5.41) is 0. The number of carbonyl (C=O) groups excluding carboxylic acids is 3. The minimum absolute atomic E-state index is 0.108. The van der Waals surface area contributed by atoms with Gasteiger partial charge in [-0.2, -0.15) is 4.31 Å². The molecule has 0 unspecified atom stereocenters. The van der Waals surface area contributed by atoms with Crippen molar-refractivity contribution in [1.29, 1.82) is 0 Å². The molecule has 1 aliphatic rings.